The number of alkyl halides is 1. The molecule has 26 heavy (non-hydrogen) atoms. The molecule has 1 saturated heterocycles. The first-order chi connectivity index (χ1) is 12.7. The number of allylic oxidation sites excluding steroid dienone is 1. The number of likely N-dealkylation sites (tertiary alicyclic amines) is 1. The standard InChI is InChI=1S/C21H24FN3O/c1-26-19-4-5-20-16(12-19)11-15(6-9-25-10-7-17(22)14-25)21(20)13-18-3-2-8-23-24-18/h2-5,8,12,17H,6-7,9-11,13-14H2,1H3. The number of aromatic nitrogens is 2. The number of methoxy groups -OCH3 is 1. The van der Waals surface area contributed by atoms with E-state index in [2.05, 4.69) is 27.2 Å². The minimum Gasteiger partial charge on any atom is -0.497 e. The Bertz CT molecular complexity index is 806. The van der Waals surface area contributed by atoms with Crippen LogP contribution in [0.15, 0.2) is 42.1 Å². The zero-order valence-electron chi connectivity index (χ0n) is 15.1. The summed E-state index contributed by atoms with van der Waals surface area (Å²) in [6.45, 7) is 2.37. The van der Waals surface area contributed by atoms with Crippen LogP contribution in [0.4, 0.5) is 4.39 Å². The number of halogens is 1. The van der Waals surface area contributed by atoms with E-state index in [0.717, 1.165) is 43.8 Å². The van der Waals surface area contributed by atoms with E-state index in [1.807, 2.05) is 18.2 Å². The Morgan fingerprint density at radius 1 is 1.31 bits per heavy atom. The van der Waals surface area contributed by atoms with Gasteiger partial charge in [0, 0.05) is 32.3 Å². The number of hydrogen-bond acceptors (Lipinski definition) is 4. The first-order valence-corrected chi connectivity index (χ1v) is 9.24. The van der Waals surface area contributed by atoms with Crippen LogP contribution < -0.4 is 4.74 Å². The van der Waals surface area contributed by atoms with Crippen molar-refractivity contribution >= 4 is 5.57 Å². The Morgan fingerprint density at radius 3 is 2.96 bits per heavy atom. The van der Waals surface area contributed by atoms with Crippen LogP contribution in [0, 0.1) is 0 Å². The molecular formula is C21H24FN3O. The maximum Gasteiger partial charge on any atom is 0.119 e. The molecule has 0 saturated carbocycles. The lowest BCUT2D eigenvalue weighted by atomic mass is 9.99. The number of hydrogen-bond donors (Lipinski definition) is 0. The summed E-state index contributed by atoms with van der Waals surface area (Å²) in [6, 6.07) is 10.3. The Kier molecular flexibility index (Phi) is 4.98. The second kappa shape index (κ2) is 7.54. The normalized spacial score (nSPS) is 19.8. The fourth-order valence-corrected chi connectivity index (χ4v) is 4.01. The zero-order valence-corrected chi connectivity index (χ0v) is 15.1. The van der Waals surface area contributed by atoms with Gasteiger partial charge in [-0.25, -0.2) is 4.39 Å². The van der Waals surface area contributed by atoms with Crippen LogP contribution in [0.3, 0.4) is 0 Å². The lowest BCUT2D eigenvalue weighted by Crippen LogP contribution is -2.22. The van der Waals surface area contributed by atoms with Gasteiger partial charge in [0.05, 0.1) is 12.8 Å². The van der Waals surface area contributed by atoms with Crippen molar-refractivity contribution in [2.24, 2.45) is 0 Å². The highest BCUT2D eigenvalue weighted by atomic mass is 19.1. The highest BCUT2D eigenvalue weighted by molar-refractivity contribution is 5.78. The largest absolute Gasteiger partial charge is 0.497 e. The van der Waals surface area contributed by atoms with E-state index in [9.17, 15) is 4.39 Å². The highest BCUT2D eigenvalue weighted by Crippen LogP contribution is 2.38. The third kappa shape index (κ3) is 3.63. The molecule has 1 aliphatic heterocycles. The third-order valence-electron chi connectivity index (χ3n) is 5.40. The van der Waals surface area contributed by atoms with Crippen LogP contribution in [-0.4, -0.2) is 48.0 Å². The molecule has 1 atom stereocenters. The summed E-state index contributed by atoms with van der Waals surface area (Å²) < 4.78 is 18.8. The molecule has 1 aliphatic carbocycles. The molecule has 136 valence electrons. The summed E-state index contributed by atoms with van der Waals surface area (Å²) in [5.41, 5.74) is 6.35. The molecule has 1 aromatic carbocycles. The number of rotatable bonds is 6. The van der Waals surface area contributed by atoms with Crippen LogP contribution in [-0.2, 0) is 12.8 Å². The Labute approximate surface area is 153 Å². The molecule has 2 aliphatic rings. The van der Waals surface area contributed by atoms with Crippen molar-refractivity contribution in [3.63, 3.8) is 0 Å². The molecule has 0 N–H and O–H groups in total. The Morgan fingerprint density at radius 2 is 2.23 bits per heavy atom. The summed E-state index contributed by atoms with van der Waals surface area (Å²) in [7, 11) is 1.70. The molecule has 4 nitrogen and oxygen atoms in total. The number of fused-ring (bicyclic) bond motifs is 1. The van der Waals surface area contributed by atoms with Crippen LogP contribution >= 0.6 is 0 Å². The van der Waals surface area contributed by atoms with Gasteiger partial charge in [-0.1, -0.05) is 11.6 Å². The zero-order chi connectivity index (χ0) is 17.9. The molecule has 2 heterocycles. The van der Waals surface area contributed by atoms with E-state index in [1.54, 1.807) is 13.3 Å². The van der Waals surface area contributed by atoms with E-state index in [4.69, 9.17) is 4.74 Å². The van der Waals surface area contributed by atoms with Gasteiger partial charge in [-0.3, -0.25) is 0 Å². The van der Waals surface area contributed by atoms with Gasteiger partial charge >= 0.3 is 0 Å². The molecular weight excluding hydrogens is 329 g/mol. The Hall–Kier alpha value is -2.27. The lowest BCUT2D eigenvalue weighted by Gasteiger charge is -2.16. The monoisotopic (exact) mass is 353 g/mol. The van der Waals surface area contributed by atoms with Crippen molar-refractivity contribution in [1.29, 1.82) is 0 Å². The first kappa shape index (κ1) is 17.2. The van der Waals surface area contributed by atoms with Gasteiger partial charge in [0.25, 0.3) is 0 Å². The molecule has 0 spiro atoms. The predicted octanol–water partition coefficient (Wildman–Crippen LogP) is 3.47. The van der Waals surface area contributed by atoms with Gasteiger partial charge in [-0.2, -0.15) is 10.2 Å². The van der Waals surface area contributed by atoms with Gasteiger partial charge in [0.2, 0.25) is 0 Å². The van der Waals surface area contributed by atoms with E-state index in [-0.39, 0.29) is 0 Å². The molecule has 1 unspecified atom stereocenters. The summed E-state index contributed by atoms with van der Waals surface area (Å²) in [4.78, 5) is 2.24. The van der Waals surface area contributed by atoms with Crippen molar-refractivity contribution in [3.8, 4) is 5.75 Å². The van der Waals surface area contributed by atoms with Gasteiger partial charge < -0.3 is 9.64 Å². The minimum atomic E-state index is -0.659. The van der Waals surface area contributed by atoms with Crippen molar-refractivity contribution in [1.82, 2.24) is 15.1 Å². The van der Waals surface area contributed by atoms with Crippen molar-refractivity contribution in [2.45, 2.75) is 31.9 Å². The number of ether oxygens (including phenoxy) is 1. The average molecular weight is 353 g/mol. The minimum absolute atomic E-state index is 0.577. The molecule has 5 heteroatoms. The van der Waals surface area contributed by atoms with E-state index < -0.39 is 6.17 Å². The molecule has 2 aromatic rings. The fourth-order valence-electron chi connectivity index (χ4n) is 4.01. The van der Waals surface area contributed by atoms with Gasteiger partial charge in [0.1, 0.15) is 11.9 Å². The summed E-state index contributed by atoms with van der Waals surface area (Å²) in [5.74, 6) is 0.892. The first-order valence-electron chi connectivity index (χ1n) is 9.24. The number of benzene rings is 1. The highest BCUT2D eigenvalue weighted by Gasteiger charge is 2.25. The Balaban J connectivity index is 1.57. The summed E-state index contributed by atoms with van der Waals surface area (Å²) in [5, 5.41) is 8.27. The van der Waals surface area contributed by atoms with Crippen LogP contribution in [0.25, 0.3) is 5.57 Å². The van der Waals surface area contributed by atoms with E-state index in [0.29, 0.717) is 13.0 Å². The molecule has 0 amide bonds. The number of nitrogens with zero attached hydrogens (tertiary/aromatic N) is 3. The topological polar surface area (TPSA) is 38.2 Å². The van der Waals surface area contributed by atoms with Crippen LogP contribution in [0.5, 0.6) is 5.75 Å². The van der Waals surface area contributed by atoms with E-state index in [1.165, 1.54) is 22.3 Å². The van der Waals surface area contributed by atoms with Crippen molar-refractivity contribution in [3.05, 3.63) is 58.9 Å². The van der Waals surface area contributed by atoms with E-state index >= 15 is 0 Å². The van der Waals surface area contributed by atoms with Gasteiger partial charge in [0.15, 0.2) is 0 Å². The predicted molar refractivity (Wildman–Crippen MR) is 99.9 cm³/mol. The SMILES string of the molecule is COc1ccc2c(c1)CC(CCN1CCC(F)C1)=C2Cc1cccnn1. The van der Waals surface area contributed by atoms with Gasteiger partial charge in [-0.15, -0.1) is 0 Å². The molecule has 0 bridgehead atoms. The second-order valence-electron chi connectivity index (χ2n) is 7.11. The average Bonchev–Trinajstić information content (AvgIpc) is 3.24. The van der Waals surface area contributed by atoms with Crippen molar-refractivity contribution in [2.75, 3.05) is 26.7 Å². The molecule has 0 radical (unpaired) electrons. The quantitative estimate of drug-likeness (QED) is 0.797. The fraction of sp³-hybridized carbons (Fsp3) is 0.429. The van der Waals surface area contributed by atoms with Gasteiger partial charge in [-0.05, 0) is 60.2 Å². The molecule has 1 aromatic heterocycles. The summed E-state index contributed by atoms with van der Waals surface area (Å²) >= 11 is 0. The second-order valence-corrected chi connectivity index (χ2v) is 7.11. The van der Waals surface area contributed by atoms with Crippen LogP contribution in [0.1, 0.15) is 29.7 Å². The van der Waals surface area contributed by atoms with Crippen molar-refractivity contribution < 1.29 is 9.13 Å². The maximum absolute atomic E-state index is 13.5. The summed E-state index contributed by atoms with van der Waals surface area (Å²) in [6.07, 6.45) is 4.41. The maximum atomic E-state index is 13.5. The molecule has 4 rings (SSSR count). The smallest absolute Gasteiger partial charge is 0.119 e. The molecule has 1 fully saturated rings. The lowest BCUT2D eigenvalue weighted by molar-refractivity contribution is 0.290. The third-order valence-corrected chi connectivity index (χ3v) is 5.40. The van der Waals surface area contributed by atoms with Crippen LogP contribution in [0.2, 0.25) is 0 Å².